The van der Waals surface area contributed by atoms with Gasteiger partial charge in [-0.25, -0.2) is 9.37 Å². The van der Waals surface area contributed by atoms with Crippen molar-refractivity contribution in [3.63, 3.8) is 0 Å². The number of nitriles is 1. The minimum atomic E-state index is -0.828. The third-order valence-corrected chi connectivity index (χ3v) is 6.46. The molecule has 2 aromatic heterocycles. The van der Waals surface area contributed by atoms with Crippen LogP contribution in [0.5, 0.6) is 0 Å². The van der Waals surface area contributed by atoms with E-state index >= 15 is 0 Å². The van der Waals surface area contributed by atoms with E-state index in [0.717, 1.165) is 16.7 Å². The molecule has 0 spiro atoms. The van der Waals surface area contributed by atoms with Crippen LogP contribution in [0.1, 0.15) is 35.6 Å². The summed E-state index contributed by atoms with van der Waals surface area (Å²) in [5.74, 6) is -0.519. The third-order valence-electron chi connectivity index (χ3n) is 6.46. The van der Waals surface area contributed by atoms with Crippen LogP contribution in [0.2, 0.25) is 0 Å². The maximum atomic E-state index is 14.0. The van der Waals surface area contributed by atoms with Gasteiger partial charge in [-0.1, -0.05) is 31.2 Å². The largest absolute Gasteiger partial charge is 0.347 e. The maximum Gasteiger partial charge on any atom is 0.247 e. The van der Waals surface area contributed by atoms with Crippen LogP contribution in [0.15, 0.2) is 79.3 Å². The number of nitrogens with zero attached hydrogens (tertiary/aromatic N) is 5. The minimum Gasteiger partial charge on any atom is -0.347 e. The van der Waals surface area contributed by atoms with Gasteiger partial charge in [-0.3, -0.25) is 14.3 Å². The van der Waals surface area contributed by atoms with Crippen molar-refractivity contribution in [2.24, 2.45) is 0 Å². The lowest BCUT2D eigenvalue weighted by Crippen LogP contribution is -2.35. The van der Waals surface area contributed by atoms with Crippen LogP contribution < -0.4 is 10.6 Å². The Kier molecular flexibility index (Phi) is 8.99. The van der Waals surface area contributed by atoms with E-state index in [9.17, 15) is 14.0 Å². The Bertz CT molecular complexity index is 1510. The quantitative estimate of drug-likeness (QED) is 0.313. The Balaban J connectivity index is 1.45. The predicted molar refractivity (Wildman–Crippen MR) is 149 cm³/mol. The van der Waals surface area contributed by atoms with Gasteiger partial charge in [-0.2, -0.15) is 10.4 Å². The standard InChI is InChI=1S/C30H30FN7O2/c1-20(22-9-7-21(14-32)8-10-22)15-34-29(23-5-4-6-26(31)13-23)30(40)36-27-12-11-24(16-33-27)25-17-35-38(18-25)19-28(39)37(2)3/h4-13,16-18,20,29,34H,15,19H2,1-3H3,(H,33,36,40). The van der Waals surface area contributed by atoms with Crippen LogP contribution in [0.3, 0.4) is 0 Å². The summed E-state index contributed by atoms with van der Waals surface area (Å²) in [6.07, 6.45) is 5.02. The number of hydrogen-bond acceptors (Lipinski definition) is 6. The zero-order chi connectivity index (χ0) is 28.6. The molecule has 0 bridgehead atoms. The van der Waals surface area contributed by atoms with Crippen LogP contribution in [0.25, 0.3) is 11.1 Å². The SMILES string of the molecule is CC(CNC(C(=O)Nc1ccc(-c2cnn(CC(=O)N(C)C)c2)cn1)c1cccc(F)c1)c1ccc(C#N)cc1. The van der Waals surface area contributed by atoms with Crippen molar-refractivity contribution in [3.8, 4) is 17.2 Å². The number of hydrogen-bond donors (Lipinski definition) is 2. The van der Waals surface area contributed by atoms with Gasteiger partial charge in [0.05, 0.1) is 17.8 Å². The first-order chi connectivity index (χ1) is 19.2. The molecule has 2 heterocycles. The Morgan fingerprint density at radius 3 is 2.48 bits per heavy atom. The molecule has 0 aliphatic carbocycles. The summed E-state index contributed by atoms with van der Waals surface area (Å²) in [7, 11) is 3.38. The molecule has 40 heavy (non-hydrogen) atoms. The fourth-order valence-corrected chi connectivity index (χ4v) is 4.06. The first kappa shape index (κ1) is 28.1. The third kappa shape index (κ3) is 7.15. The van der Waals surface area contributed by atoms with Gasteiger partial charge in [0.25, 0.3) is 0 Å². The number of carbonyl (C=O) groups excluding carboxylic acids is 2. The molecule has 10 heteroatoms. The first-order valence-corrected chi connectivity index (χ1v) is 12.7. The van der Waals surface area contributed by atoms with E-state index in [0.29, 0.717) is 23.5 Å². The van der Waals surface area contributed by atoms with E-state index in [-0.39, 0.29) is 24.3 Å². The Labute approximate surface area is 232 Å². The van der Waals surface area contributed by atoms with Gasteiger partial charge in [-0.15, -0.1) is 0 Å². The van der Waals surface area contributed by atoms with E-state index < -0.39 is 11.9 Å². The number of carbonyl (C=O) groups is 2. The van der Waals surface area contributed by atoms with Crippen LogP contribution in [0.4, 0.5) is 10.2 Å². The van der Waals surface area contributed by atoms with E-state index in [1.807, 2.05) is 19.1 Å². The van der Waals surface area contributed by atoms with Crippen molar-refractivity contribution < 1.29 is 14.0 Å². The second-order valence-electron chi connectivity index (χ2n) is 9.67. The predicted octanol–water partition coefficient (Wildman–Crippen LogP) is 4.12. The molecule has 2 amide bonds. The number of aromatic nitrogens is 3. The number of amides is 2. The molecule has 0 fully saturated rings. The molecule has 0 radical (unpaired) electrons. The normalized spacial score (nSPS) is 12.3. The molecule has 0 aliphatic rings. The summed E-state index contributed by atoms with van der Waals surface area (Å²) in [6.45, 7) is 2.58. The lowest BCUT2D eigenvalue weighted by atomic mass is 9.98. The van der Waals surface area contributed by atoms with Gasteiger partial charge in [0.1, 0.15) is 24.2 Å². The molecule has 2 N–H and O–H groups in total. The first-order valence-electron chi connectivity index (χ1n) is 12.7. The Morgan fingerprint density at radius 2 is 1.82 bits per heavy atom. The Morgan fingerprint density at radius 1 is 1.05 bits per heavy atom. The van der Waals surface area contributed by atoms with Crippen LogP contribution in [-0.4, -0.2) is 52.1 Å². The number of anilines is 1. The lowest BCUT2D eigenvalue weighted by Gasteiger charge is -2.21. The number of pyridine rings is 1. The molecule has 0 saturated heterocycles. The number of benzene rings is 2. The summed E-state index contributed by atoms with van der Waals surface area (Å²) in [4.78, 5) is 31.2. The molecule has 0 aliphatic heterocycles. The van der Waals surface area contributed by atoms with Crippen molar-refractivity contribution in [2.75, 3.05) is 26.0 Å². The smallest absolute Gasteiger partial charge is 0.247 e. The molecule has 4 rings (SSSR count). The summed E-state index contributed by atoms with van der Waals surface area (Å²) in [5.41, 5.74) is 3.63. The summed E-state index contributed by atoms with van der Waals surface area (Å²) in [5, 5.41) is 19.3. The fourth-order valence-electron chi connectivity index (χ4n) is 4.06. The summed E-state index contributed by atoms with van der Waals surface area (Å²) in [6, 6.07) is 18.0. The van der Waals surface area contributed by atoms with E-state index in [2.05, 4.69) is 26.8 Å². The van der Waals surface area contributed by atoms with Gasteiger partial charge in [0.15, 0.2) is 0 Å². The van der Waals surface area contributed by atoms with E-state index in [1.54, 1.807) is 73.8 Å². The van der Waals surface area contributed by atoms with Gasteiger partial charge in [0, 0.05) is 44.2 Å². The number of halogens is 1. The van der Waals surface area contributed by atoms with E-state index in [1.165, 1.54) is 17.0 Å². The average Bonchev–Trinajstić information content (AvgIpc) is 3.42. The van der Waals surface area contributed by atoms with Crippen molar-refractivity contribution in [1.29, 1.82) is 5.26 Å². The topological polar surface area (TPSA) is 116 Å². The number of rotatable bonds is 10. The molecule has 9 nitrogen and oxygen atoms in total. The van der Waals surface area contributed by atoms with Gasteiger partial charge < -0.3 is 15.5 Å². The maximum absolute atomic E-state index is 14.0. The molecular formula is C30H30FN7O2. The van der Waals surface area contributed by atoms with Crippen LogP contribution in [-0.2, 0) is 16.1 Å². The van der Waals surface area contributed by atoms with Crippen molar-refractivity contribution in [1.82, 2.24) is 25.0 Å². The van der Waals surface area contributed by atoms with Crippen molar-refractivity contribution in [3.05, 3.63) is 102 Å². The average molecular weight is 540 g/mol. The highest BCUT2D eigenvalue weighted by atomic mass is 19.1. The molecule has 2 unspecified atom stereocenters. The molecule has 204 valence electrons. The second-order valence-corrected chi connectivity index (χ2v) is 9.67. The minimum absolute atomic E-state index is 0.0305. The molecule has 2 atom stereocenters. The molecule has 0 saturated carbocycles. The van der Waals surface area contributed by atoms with E-state index in [4.69, 9.17) is 5.26 Å². The zero-order valence-electron chi connectivity index (χ0n) is 22.5. The van der Waals surface area contributed by atoms with Crippen molar-refractivity contribution in [2.45, 2.75) is 25.4 Å². The highest BCUT2D eigenvalue weighted by Crippen LogP contribution is 2.22. The summed E-state index contributed by atoms with van der Waals surface area (Å²) < 4.78 is 15.6. The molecule has 2 aromatic carbocycles. The van der Waals surface area contributed by atoms with Gasteiger partial charge in [-0.05, 0) is 53.4 Å². The Hall–Kier alpha value is -4.88. The highest BCUT2D eigenvalue weighted by Gasteiger charge is 2.22. The fraction of sp³-hybridized carbons (Fsp3) is 0.233. The van der Waals surface area contributed by atoms with Crippen LogP contribution >= 0.6 is 0 Å². The lowest BCUT2D eigenvalue weighted by molar-refractivity contribution is -0.129. The van der Waals surface area contributed by atoms with Crippen LogP contribution in [0, 0.1) is 17.1 Å². The molecular weight excluding hydrogens is 509 g/mol. The van der Waals surface area contributed by atoms with Gasteiger partial charge in [0.2, 0.25) is 11.8 Å². The van der Waals surface area contributed by atoms with Gasteiger partial charge >= 0.3 is 0 Å². The second kappa shape index (κ2) is 12.8. The summed E-state index contributed by atoms with van der Waals surface area (Å²) >= 11 is 0. The zero-order valence-corrected chi connectivity index (χ0v) is 22.5. The highest BCUT2D eigenvalue weighted by molar-refractivity contribution is 5.95. The number of nitrogens with one attached hydrogen (secondary N) is 2. The van der Waals surface area contributed by atoms with Crippen molar-refractivity contribution >= 4 is 17.6 Å². The molecule has 4 aromatic rings. The number of likely N-dealkylation sites (N-methyl/N-ethyl adjacent to an activating group) is 1. The monoisotopic (exact) mass is 539 g/mol.